The minimum Gasteiger partial charge on any atom is -0.497 e. The predicted octanol–water partition coefficient (Wildman–Crippen LogP) is 4.54. The third kappa shape index (κ3) is 4.19. The largest absolute Gasteiger partial charge is 0.497 e. The normalized spacial score (nSPS) is 15.8. The molecular weight excluding hydrogens is 366 g/mol. The fourth-order valence-electron chi connectivity index (χ4n) is 3.84. The van der Waals surface area contributed by atoms with E-state index in [1.54, 1.807) is 7.11 Å². The second-order valence-electron chi connectivity index (χ2n) is 7.13. The van der Waals surface area contributed by atoms with Crippen LogP contribution in [0.1, 0.15) is 11.1 Å². The first kappa shape index (κ1) is 18.9. The summed E-state index contributed by atoms with van der Waals surface area (Å²) in [6.07, 6.45) is -0.0860. The highest BCUT2D eigenvalue weighted by molar-refractivity contribution is 5.74. The Morgan fingerprint density at radius 1 is 1.14 bits per heavy atom. The Bertz CT molecular complexity index is 1000. The molecule has 0 spiro atoms. The number of nitrogens with one attached hydrogen (secondary N) is 1. The zero-order chi connectivity index (χ0) is 20.2. The molecule has 4 rings (SSSR count). The smallest absolute Gasteiger partial charge is 0.405 e. The summed E-state index contributed by atoms with van der Waals surface area (Å²) in [6.45, 7) is 0. The Morgan fingerprint density at radius 2 is 1.93 bits per heavy atom. The van der Waals surface area contributed by atoms with Gasteiger partial charge in [-0.3, -0.25) is 0 Å². The number of amides is 1. The zero-order valence-electron chi connectivity index (χ0n) is 16.2. The van der Waals surface area contributed by atoms with E-state index >= 15 is 0 Å². The van der Waals surface area contributed by atoms with Crippen molar-refractivity contribution in [1.82, 2.24) is 5.32 Å². The molecule has 0 saturated heterocycles. The molecule has 0 bridgehead atoms. The lowest BCUT2D eigenvalue weighted by Crippen LogP contribution is -2.46. The summed E-state index contributed by atoms with van der Waals surface area (Å²) in [5.74, 6) is 1.60. The highest BCUT2D eigenvalue weighted by Crippen LogP contribution is 2.40. The van der Waals surface area contributed by atoms with Crippen molar-refractivity contribution in [2.24, 2.45) is 0 Å². The van der Waals surface area contributed by atoms with E-state index in [-0.39, 0.29) is 12.1 Å². The number of fused-ring (bicyclic) bond motifs is 1. The van der Waals surface area contributed by atoms with Gasteiger partial charge in [-0.25, -0.2) is 4.79 Å². The molecule has 1 amide bonds. The number of para-hydroxylation sites is 1. The lowest BCUT2D eigenvalue weighted by Gasteiger charge is -2.23. The lowest BCUT2D eigenvalue weighted by atomic mass is 9.96. The third-order valence-corrected chi connectivity index (χ3v) is 5.22. The maximum absolute atomic E-state index is 11.4. The van der Waals surface area contributed by atoms with E-state index in [0.717, 1.165) is 33.8 Å². The van der Waals surface area contributed by atoms with E-state index in [1.807, 2.05) is 72.8 Å². The van der Waals surface area contributed by atoms with Gasteiger partial charge in [0.15, 0.2) is 0 Å². The average Bonchev–Trinajstić information content (AvgIpc) is 3.18. The molecule has 1 aliphatic heterocycles. The Kier molecular flexibility index (Phi) is 5.38. The summed E-state index contributed by atoms with van der Waals surface area (Å²) >= 11 is 0. The summed E-state index contributed by atoms with van der Waals surface area (Å²) in [5, 5.41) is 12.0. The highest BCUT2D eigenvalue weighted by atomic mass is 16.5. The van der Waals surface area contributed by atoms with Crippen molar-refractivity contribution in [2.45, 2.75) is 25.0 Å². The van der Waals surface area contributed by atoms with Crippen LogP contribution in [0.3, 0.4) is 0 Å². The van der Waals surface area contributed by atoms with Crippen LogP contribution in [-0.4, -0.2) is 30.5 Å². The minimum atomic E-state index is -1.04. The Morgan fingerprint density at radius 3 is 2.69 bits per heavy atom. The van der Waals surface area contributed by atoms with Crippen molar-refractivity contribution in [3.05, 3.63) is 83.9 Å². The highest BCUT2D eigenvalue weighted by Gasteiger charge is 2.33. The zero-order valence-corrected chi connectivity index (χ0v) is 16.2. The summed E-state index contributed by atoms with van der Waals surface area (Å²) in [4.78, 5) is 11.4. The fourth-order valence-corrected chi connectivity index (χ4v) is 3.84. The first-order valence-electron chi connectivity index (χ1n) is 9.60. The van der Waals surface area contributed by atoms with Crippen LogP contribution in [-0.2, 0) is 12.8 Å². The van der Waals surface area contributed by atoms with E-state index in [0.29, 0.717) is 12.8 Å². The van der Waals surface area contributed by atoms with Gasteiger partial charge in [-0.2, -0.15) is 0 Å². The minimum absolute atomic E-state index is 0.270. The summed E-state index contributed by atoms with van der Waals surface area (Å²) < 4.78 is 11.7. The van der Waals surface area contributed by atoms with Gasteiger partial charge in [-0.1, -0.05) is 60.7 Å². The quantitative estimate of drug-likeness (QED) is 0.649. The standard InChI is InChI=1S/C24H23NO4/c1-28-19-11-5-9-17(14-19)20-12-6-10-18-15-22(29-23(18)20)21(25-24(26)27)13-16-7-3-2-4-8-16/h2-12,14,21-22,25H,13,15H2,1H3,(H,26,27). The molecule has 0 aliphatic carbocycles. The molecular formula is C24H23NO4. The summed E-state index contributed by atoms with van der Waals surface area (Å²) in [7, 11) is 1.65. The van der Waals surface area contributed by atoms with Gasteiger partial charge in [0, 0.05) is 12.0 Å². The maximum atomic E-state index is 11.4. The van der Waals surface area contributed by atoms with Crippen molar-refractivity contribution >= 4 is 6.09 Å². The third-order valence-electron chi connectivity index (χ3n) is 5.22. The van der Waals surface area contributed by atoms with Crippen LogP contribution in [0.15, 0.2) is 72.8 Å². The Hall–Kier alpha value is -3.47. The molecule has 0 aromatic heterocycles. The molecule has 5 nitrogen and oxygen atoms in total. The molecule has 0 fully saturated rings. The van der Waals surface area contributed by atoms with E-state index in [1.165, 1.54) is 0 Å². The molecule has 3 aromatic carbocycles. The van der Waals surface area contributed by atoms with Gasteiger partial charge in [0.1, 0.15) is 17.6 Å². The SMILES string of the molecule is COc1cccc(-c2cccc3c2OC(C(Cc2ccccc2)NC(=O)O)C3)c1. The van der Waals surface area contributed by atoms with Gasteiger partial charge in [0.2, 0.25) is 0 Å². The van der Waals surface area contributed by atoms with E-state index in [2.05, 4.69) is 5.32 Å². The number of carboxylic acid groups (broad SMARTS) is 1. The van der Waals surface area contributed by atoms with E-state index < -0.39 is 6.09 Å². The first-order valence-corrected chi connectivity index (χ1v) is 9.60. The molecule has 2 atom stereocenters. The van der Waals surface area contributed by atoms with Crippen LogP contribution in [0.5, 0.6) is 11.5 Å². The van der Waals surface area contributed by atoms with Crippen molar-refractivity contribution in [3.8, 4) is 22.6 Å². The number of carbonyl (C=O) groups is 1. The van der Waals surface area contributed by atoms with Crippen LogP contribution < -0.4 is 14.8 Å². The molecule has 2 unspecified atom stereocenters. The number of hydrogen-bond acceptors (Lipinski definition) is 3. The average molecular weight is 389 g/mol. The van der Waals surface area contributed by atoms with Crippen molar-refractivity contribution in [3.63, 3.8) is 0 Å². The summed E-state index contributed by atoms with van der Waals surface area (Å²) in [5.41, 5.74) is 4.14. The first-order chi connectivity index (χ1) is 14.1. The van der Waals surface area contributed by atoms with Crippen molar-refractivity contribution in [2.75, 3.05) is 7.11 Å². The van der Waals surface area contributed by atoms with Crippen LogP contribution in [0.2, 0.25) is 0 Å². The topological polar surface area (TPSA) is 67.8 Å². The van der Waals surface area contributed by atoms with Crippen LogP contribution >= 0.6 is 0 Å². The van der Waals surface area contributed by atoms with Gasteiger partial charge in [-0.05, 0) is 35.2 Å². The molecule has 29 heavy (non-hydrogen) atoms. The predicted molar refractivity (Wildman–Crippen MR) is 112 cm³/mol. The van der Waals surface area contributed by atoms with Crippen LogP contribution in [0, 0.1) is 0 Å². The molecule has 2 N–H and O–H groups in total. The van der Waals surface area contributed by atoms with Gasteiger partial charge < -0.3 is 19.9 Å². The summed E-state index contributed by atoms with van der Waals surface area (Å²) in [6, 6.07) is 23.4. The molecule has 1 heterocycles. The van der Waals surface area contributed by atoms with E-state index in [4.69, 9.17) is 9.47 Å². The van der Waals surface area contributed by atoms with Crippen molar-refractivity contribution < 1.29 is 19.4 Å². The van der Waals surface area contributed by atoms with Gasteiger partial charge in [-0.15, -0.1) is 0 Å². The number of methoxy groups -OCH3 is 1. The van der Waals surface area contributed by atoms with Gasteiger partial charge in [0.05, 0.1) is 13.2 Å². The molecule has 3 aromatic rings. The molecule has 0 saturated carbocycles. The second kappa shape index (κ2) is 8.27. The van der Waals surface area contributed by atoms with Crippen LogP contribution in [0.4, 0.5) is 4.79 Å². The molecule has 0 radical (unpaired) electrons. The van der Waals surface area contributed by atoms with Gasteiger partial charge in [0.25, 0.3) is 0 Å². The monoisotopic (exact) mass is 389 g/mol. The number of ether oxygens (including phenoxy) is 2. The Balaban J connectivity index is 1.62. The lowest BCUT2D eigenvalue weighted by molar-refractivity contribution is 0.154. The number of benzene rings is 3. The van der Waals surface area contributed by atoms with Crippen molar-refractivity contribution in [1.29, 1.82) is 0 Å². The number of hydrogen-bond donors (Lipinski definition) is 2. The van der Waals surface area contributed by atoms with Crippen LogP contribution in [0.25, 0.3) is 11.1 Å². The fraction of sp³-hybridized carbons (Fsp3) is 0.208. The van der Waals surface area contributed by atoms with Gasteiger partial charge >= 0.3 is 6.09 Å². The maximum Gasteiger partial charge on any atom is 0.405 e. The molecule has 1 aliphatic rings. The van der Waals surface area contributed by atoms with E-state index in [9.17, 15) is 9.90 Å². The number of rotatable bonds is 6. The Labute approximate surface area is 169 Å². The molecule has 5 heteroatoms. The second-order valence-corrected chi connectivity index (χ2v) is 7.13. The molecule has 148 valence electrons.